The van der Waals surface area contributed by atoms with E-state index in [2.05, 4.69) is 10.0 Å². The molecule has 1 atom stereocenters. The number of hydrogen-bond donors (Lipinski definition) is 3. The van der Waals surface area contributed by atoms with Crippen molar-refractivity contribution in [1.82, 2.24) is 4.72 Å². The number of anilines is 1. The first-order valence-electron chi connectivity index (χ1n) is 11.9. The fourth-order valence-electron chi connectivity index (χ4n) is 3.57. The molecule has 0 spiro atoms. The zero-order chi connectivity index (χ0) is 27.2. The average Bonchev–Trinajstić information content (AvgIpc) is 3.33. The van der Waals surface area contributed by atoms with E-state index in [1.807, 2.05) is 32.0 Å². The van der Waals surface area contributed by atoms with E-state index < -0.39 is 28.0 Å². The minimum absolute atomic E-state index is 0.0251. The Morgan fingerprint density at radius 3 is 1.97 bits per heavy atom. The van der Waals surface area contributed by atoms with Crippen molar-refractivity contribution in [3.05, 3.63) is 84.6 Å². The van der Waals surface area contributed by atoms with Gasteiger partial charge in [-0.1, -0.05) is 70.2 Å². The van der Waals surface area contributed by atoms with Crippen LogP contribution in [0.25, 0.3) is 22.1 Å². The van der Waals surface area contributed by atoms with Crippen LogP contribution in [-0.2, 0) is 14.8 Å². The molecule has 0 aliphatic carbocycles. The van der Waals surface area contributed by atoms with Crippen LogP contribution in [0.4, 0.5) is 5.69 Å². The zero-order valence-electron chi connectivity index (χ0n) is 21.1. The van der Waals surface area contributed by atoms with Crippen LogP contribution in [0.5, 0.6) is 0 Å². The Kier molecular flexibility index (Phi) is 8.86. The molecule has 37 heavy (non-hydrogen) atoms. The van der Waals surface area contributed by atoms with Crippen LogP contribution < -0.4 is 10.0 Å². The van der Waals surface area contributed by atoms with Crippen LogP contribution in [0, 0.1) is 5.92 Å². The monoisotopic (exact) mass is 522 g/mol. The van der Waals surface area contributed by atoms with Crippen LogP contribution in [0.15, 0.2) is 88.2 Å². The lowest BCUT2D eigenvalue weighted by atomic mass is 10.1. The summed E-state index contributed by atoms with van der Waals surface area (Å²) in [4.78, 5) is 23.8. The maximum absolute atomic E-state index is 12.6. The topological polar surface area (TPSA) is 126 Å². The molecule has 194 valence electrons. The molecule has 9 heteroatoms. The number of carbonyl (C=O) groups excluding carboxylic acids is 1. The summed E-state index contributed by atoms with van der Waals surface area (Å²) in [5, 5.41) is 12.9. The van der Waals surface area contributed by atoms with E-state index in [1.54, 1.807) is 62.4 Å². The third kappa shape index (κ3) is 6.63. The van der Waals surface area contributed by atoms with Crippen molar-refractivity contribution in [1.29, 1.82) is 0 Å². The number of carbonyl (C=O) groups is 2. The third-order valence-electron chi connectivity index (χ3n) is 5.50. The standard InChI is InChI=1S/C26H24N2O6S.C2H6/c1-16(2)24(26(30)31)28-35(32,33)21-13-9-18(10-14-21)17-7-11-20(12-8-17)27-25(29)23-15-19-5-3-4-6-22(19)34-23;1-2/h3-16,24,28H,1-2H3,(H,27,29)(H,30,31);1-2H3. The molecule has 0 aliphatic rings. The largest absolute Gasteiger partial charge is 0.480 e. The van der Waals surface area contributed by atoms with E-state index in [0.717, 1.165) is 16.5 Å². The van der Waals surface area contributed by atoms with Crippen molar-refractivity contribution in [2.45, 2.75) is 38.6 Å². The van der Waals surface area contributed by atoms with Gasteiger partial charge in [-0.25, -0.2) is 8.42 Å². The highest BCUT2D eigenvalue weighted by Gasteiger charge is 2.28. The van der Waals surface area contributed by atoms with Gasteiger partial charge in [0.1, 0.15) is 11.6 Å². The first-order valence-corrected chi connectivity index (χ1v) is 13.4. The highest BCUT2D eigenvalue weighted by Crippen LogP contribution is 2.25. The smallest absolute Gasteiger partial charge is 0.322 e. The maximum atomic E-state index is 12.6. The van der Waals surface area contributed by atoms with Gasteiger partial charge in [0.15, 0.2) is 5.76 Å². The molecule has 1 aromatic heterocycles. The Bertz CT molecular complexity index is 1440. The molecule has 1 unspecified atom stereocenters. The molecule has 0 fully saturated rings. The summed E-state index contributed by atoms with van der Waals surface area (Å²) in [5.41, 5.74) is 2.79. The van der Waals surface area contributed by atoms with Crippen LogP contribution >= 0.6 is 0 Å². The fraction of sp³-hybridized carbons (Fsp3) is 0.214. The van der Waals surface area contributed by atoms with Gasteiger partial charge in [-0.2, -0.15) is 4.72 Å². The molecular formula is C28H30N2O6S. The highest BCUT2D eigenvalue weighted by molar-refractivity contribution is 7.89. The number of amides is 1. The van der Waals surface area contributed by atoms with Gasteiger partial charge in [0.2, 0.25) is 10.0 Å². The second-order valence-electron chi connectivity index (χ2n) is 8.39. The summed E-state index contributed by atoms with van der Waals surface area (Å²) in [6, 6.07) is 21.0. The van der Waals surface area contributed by atoms with Crippen molar-refractivity contribution < 1.29 is 27.5 Å². The van der Waals surface area contributed by atoms with E-state index in [4.69, 9.17) is 4.42 Å². The maximum Gasteiger partial charge on any atom is 0.322 e. The number of sulfonamides is 1. The van der Waals surface area contributed by atoms with E-state index in [0.29, 0.717) is 11.3 Å². The van der Waals surface area contributed by atoms with Crippen LogP contribution in [0.2, 0.25) is 0 Å². The van der Waals surface area contributed by atoms with Gasteiger partial charge in [-0.15, -0.1) is 0 Å². The molecule has 3 N–H and O–H groups in total. The molecule has 1 amide bonds. The first-order chi connectivity index (χ1) is 17.6. The number of furan rings is 1. The molecule has 0 bridgehead atoms. The minimum Gasteiger partial charge on any atom is -0.480 e. The van der Waals surface area contributed by atoms with E-state index in [9.17, 15) is 23.1 Å². The summed E-state index contributed by atoms with van der Waals surface area (Å²) >= 11 is 0. The summed E-state index contributed by atoms with van der Waals surface area (Å²) in [6.07, 6.45) is 0. The van der Waals surface area contributed by atoms with Crippen molar-refractivity contribution in [3.8, 4) is 11.1 Å². The van der Waals surface area contributed by atoms with Gasteiger partial charge in [-0.3, -0.25) is 9.59 Å². The van der Waals surface area contributed by atoms with Crippen molar-refractivity contribution in [2.75, 3.05) is 5.32 Å². The van der Waals surface area contributed by atoms with Gasteiger partial charge in [0.05, 0.1) is 4.90 Å². The summed E-state index contributed by atoms with van der Waals surface area (Å²) in [6.45, 7) is 7.26. The van der Waals surface area contributed by atoms with Gasteiger partial charge in [0.25, 0.3) is 5.91 Å². The van der Waals surface area contributed by atoms with Gasteiger partial charge < -0.3 is 14.8 Å². The number of rotatable bonds is 8. The van der Waals surface area contributed by atoms with E-state index in [1.165, 1.54) is 12.1 Å². The Morgan fingerprint density at radius 2 is 1.43 bits per heavy atom. The lowest BCUT2D eigenvalue weighted by Crippen LogP contribution is -2.44. The van der Waals surface area contributed by atoms with E-state index in [-0.39, 0.29) is 16.6 Å². The molecule has 0 radical (unpaired) electrons. The molecule has 4 aromatic rings. The number of para-hydroxylation sites is 1. The number of carboxylic acids is 1. The first kappa shape index (κ1) is 27.6. The zero-order valence-corrected chi connectivity index (χ0v) is 21.9. The number of aliphatic carboxylic acids is 1. The van der Waals surface area contributed by atoms with Crippen molar-refractivity contribution in [2.24, 2.45) is 5.92 Å². The predicted molar refractivity (Wildman–Crippen MR) is 144 cm³/mol. The lowest BCUT2D eigenvalue weighted by Gasteiger charge is -2.18. The normalized spacial score (nSPS) is 12.0. The number of benzene rings is 3. The predicted octanol–water partition coefficient (Wildman–Crippen LogP) is 5.77. The third-order valence-corrected chi connectivity index (χ3v) is 6.96. The molecule has 0 saturated carbocycles. The molecule has 0 saturated heterocycles. The molecule has 4 rings (SSSR count). The second kappa shape index (κ2) is 11.9. The summed E-state index contributed by atoms with van der Waals surface area (Å²) in [7, 11) is -3.99. The Labute approximate surface area is 216 Å². The molecular weight excluding hydrogens is 492 g/mol. The minimum atomic E-state index is -3.99. The second-order valence-corrected chi connectivity index (χ2v) is 10.1. The fourth-order valence-corrected chi connectivity index (χ4v) is 4.90. The highest BCUT2D eigenvalue weighted by atomic mass is 32.2. The molecule has 8 nitrogen and oxygen atoms in total. The van der Waals surface area contributed by atoms with Gasteiger partial charge in [-0.05, 0) is 53.4 Å². The molecule has 3 aromatic carbocycles. The van der Waals surface area contributed by atoms with Crippen LogP contribution in [0.3, 0.4) is 0 Å². The number of carboxylic acid groups (broad SMARTS) is 1. The molecule has 1 heterocycles. The number of hydrogen-bond acceptors (Lipinski definition) is 5. The number of fused-ring (bicyclic) bond motifs is 1. The van der Waals surface area contributed by atoms with E-state index >= 15 is 0 Å². The van der Waals surface area contributed by atoms with Gasteiger partial charge >= 0.3 is 5.97 Å². The quantitative estimate of drug-likeness (QED) is 0.270. The Balaban J connectivity index is 0.00000186. The Hall–Kier alpha value is -3.95. The molecule has 0 aliphatic heterocycles. The SMILES string of the molecule is CC.CC(C)C(NS(=O)(=O)c1ccc(-c2ccc(NC(=O)c3cc4ccccc4o3)cc2)cc1)C(=O)O. The summed E-state index contributed by atoms with van der Waals surface area (Å²) < 4.78 is 33.0. The van der Waals surface area contributed by atoms with Gasteiger partial charge in [0, 0.05) is 11.1 Å². The average molecular weight is 523 g/mol. The van der Waals surface area contributed by atoms with Crippen LogP contribution in [-0.4, -0.2) is 31.4 Å². The summed E-state index contributed by atoms with van der Waals surface area (Å²) in [5.74, 6) is -1.79. The Morgan fingerprint density at radius 1 is 0.865 bits per heavy atom. The number of nitrogens with one attached hydrogen (secondary N) is 2. The van der Waals surface area contributed by atoms with Crippen molar-refractivity contribution in [3.63, 3.8) is 0 Å². The van der Waals surface area contributed by atoms with Crippen molar-refractivity contribution >= 4 is 38.6 Å². The lowest BCUT2D eigenvalue weighted by molar-refractivity contribution is -0.140. The van der Waals surface area contributed by atoms with Crippen LogP contribution in [0.1, 0.15) is 38.2 Å².